The number of aliphatic hydroxyl groups excluding tert-OH is 1. The van der Waals surface area contributed by atoms with Crippen molar-refractivity contribution in [2.24, 2.45) is 34.5 Å². The van der Waals surface area contributed by atoms with E-state index in [4.69, 9.17) is 9.47 Å². The van der Waals surface area contributed by atoms with Crippen molar-refractivity contribution >= 4 is 27.9 Å². The Morgan fingerprint density at radius 1 is 1.06 bits per heavy atom. The fraction of sp³-hybridized carbons (Fsp3) is 0.920. The van der Waals surface area contributed by atoms with E-state index in [2.05, 4.69) is 29.8 Å². The molecule has 4 fully saturated rings. The van der Waals surface area contributed by atoms with Crippen molar-refractivity contribution in [3.8, 4) is 0 Å². The van der Waals surface area contributed by atoms with Gasteiger partial charge in [-0.15, -0.1) is 0 Å². The maximum Gasteiger partial charge on any atom is 0.302 e. The number of carbonyl (C=O) groups excluding carboxylic acids is 2. The Hall–Kier alpha value is -0.620. The van der Waals surface area contributed by atoms with E-state index < -0.39 is 0 Å². The van der Waals surface area contributed by atoms with Crippen molar-refractivity contribution in [2.75, 3.05) is 6.61 Å². The van der Waals surface area contributed by atoms with Gasteiger partial charge in [0.05, 0.1) is 6.61 Å². The van der Waals surface area contributed by atoms with E-state index in [9.17, 15) is 14.7 Å². The Morgan fingerprint density at radius 2 is 1.77 bits per heavy atom. The van der Waals surface area contributed by atoms with E-state index in [1.807, 2.05) is 0 Å². The van der Waals surface area contributed by atoms with E-state index in [-0.39, 0.29) is 45.9 Å². The normalized spacial score (nSPS) is 48.8. The van der Waals surface area contributed by atoms with Gasteiger partial charge in [-0.05, 0) is 68.6 Å². The number of hydrogen-bond acceptors (Lipinski definition) is 5. The SMILES string of the molecule is CC[C@H]1C[C@H](OC(C)=O)[C@@]2(C)CC[C@H]3[C@@H](CC[C@@]4(Br)C[C@@H](OC(C)=O)CC[C@]34CO)[C@H]12. The van der Waals surface area contributed by atoms with Crippen LogP contribution in [0.2, 0.25) is 0 Å². The molecule has 0 unspecified atom stereocenters. The van der Waals surface area contributed by atoms with Crippen LogP contribution in [-0.4, -0.2) is 40.2 Å². The molecule has 0 spiro atoms. The van der Waals surface area contributed by atoms with Gasteiger partial charge in [-0.25, -0.2) is 0 Å². The second kappa shape index (κ2) is 8.30. The zero-order chi connectivity index (χ0) is 22.6. The minimum absolute atomic E-state index is 0.0151. The van der Waals surface area contributed by atoms with E-state index in [0.29, 0.717) is 23.7 Å². The first-order chi connectivity index (χ1) is 14.6. The monoisotopic (exact) mass is 498 g/mol. The molecule has 5 nitrogen and oxygen atoms in total. The molecule has 0 saturated heterocycles. The number of hydrogen-bond donors (Lipinski definition) is 1. The quantitative estimate of drug-likeness (QED) is 0.435. The number of ether oxygens (including phenoxy) is 2. The smallest absolute Gasteiger partial charge is 0.302 e. The zero-order valence-corrected chi connectivity index (χ0v) is 21.1. The summed E-state index contributed by atoms with van der Waals surface area (Å²) in [6.45, 7) is 7.83. The van der Waals surface area contributed by atoms with Gasteiger partial charge in [0.2, 0.25) is 0 Å². The molecular weight excluding hydrogens is 460 g/mol. The van der Waals surface area contributed by atoms with Gasteiger partial charge in [-0.3, -0.25) is 9.59 Å². The maximum atomic E-state index is 11.8. The van der Waals surface area contributed by atoms with Crippen LogP contribution in [0, 0.1) is 34.5 Å². The number of halogens is 1. The Morgan fingerprint density at radius 3 is 2.39 bits per heavy atom. The van der Waals surface area contributed by atoms with Crippen LogP contribution in [0.15, 0.2) is 0 Å². The summed E-state index contributed by atoms with van der Waals surface area (Å²) in [6, 6.07) is 0. The molecule has 4 saturated carbocycles. The van der Waals surface area contributed by atoms with Crippen molar-refractivity contribution in [1.82, 2.24) is 0 Å². The molecule has 0 heterocycles. The van der Waals surface area contributed by atoms with Crippen molar-refractivity contribution in [3.05, 3.63) is 0 Å². The Balaban J connectivity index is 1.64. The summed E-state index contributed by atoms with van der Waals surface area (Å²) in [5.41, 5.74) is -0.142. The number of aliphatic hydroxyl groups is 1. The number of alkyl halides is 1. The van der Waals surface area contributed by atoms with Gasteiger partial charge in [-0.1, -0.05) is 36.2 Å². The highest BCUT2D eigenvalue weighted by atomic mass is 79.9. The van der Waals surface area contributed by atoms with Crippen LogP contribution in [0.4, 0.5) is 0 Å². The molecule has 0 aliphatic heterocycles. The molecule has 1 N–H and O–H groups in total. The minimum atomic E-state index is -0.215. The highest BCUT2D eigenvalue weighted by molar-refractivity contribution is 9.10. The predicted octanol–water partition coefficient (Wildman–Crippen LogP) is 5.02. The highest BCUT2D eigenvalue weighted by Crippen LogP contribution is 2.70. The third-order valence-corrected chi connectivity index (χ3v) is 11.4. The molecule has 31 heavy (non-hydrogen) atoms. The summed E-state index contributed by atoms with van der Waals surface area (Å²) in [6.07, 6.45) is 8.76. The molecule has 6 heteroatoms. The van der Waals surface area contributed by atoms with E-state index in [1.165, 1.54) is 13.8 Å². The number of fused-ring (bicyclic) bond motifs is 5. The van der Waals surface area contributed by atoms with Gasteiger partial charge in [0.25, 0.3) is 0 Å². The van der Waals surface area contributed by atoms with Gasteiger partial charge in [0, 0.05) is 35.4 Å². The maximum absolute atomic E-state index is 11.8. The van der Waals surface area contributed by atoms with Crippen molar-refractivity contribution in [3.63, 3.8) is 0 Å². The fourth-order valence-corrected chi connectivity index (χ4v) is 9.87. The van der Waals surface area contributed by atoms with Crippen molar-refractivity contribution in [2.45, 2.75) is 102 Å². The number of esters is 2. The lowest BCUT2D eigenvalue weighted by atomic mass is 9.44. The molecule has 4 rings (SSSR count). The topological polar surface area (TPSA) is 72.8 Å². The summed E-state index contributed by atoms with van der Waals surface area (Å²) in [7, 11) is 0. The molecular formula is C25H39BrO5. The zero-order valence-electron chi connectivity index (χ0n) is 19.5. The first kappa shape index (κ1) is 23.5. The second-order valence-electron chi connectivity index (χ2n) is 11.1. The van der Waals surface area contributed by atoms with Crippen molar-refractivity contribution in [1.29, 1.82) is 0 Å². The molecule has 4 aliphatic carbocycles. The molecule has 0 aromatic rings. The summed E-state index contributed by atoms with van der Waals surface area (Å²) in [5, 5.41) is 10.8. The lowest BCUT2D eigenvalue weighted by Crippen LogP contribution is -2.63. The summed E-state index contributed by atoms with van der Waals surface area (Å²) in [4.78, 5) is 23.4. The number of carbonyl (C=O) groups is 2. The third-order valence-electron chi connectivity index (χ3n) is 9.88. The summed E-state index contributed by atoms with van der Waals surface area (Å²) >= 11 is 4.12. The first-order valence-electron chi connectivity index (χ1n) is 12.2. The fourth-order valence-electron chi connectivity index (χ4n) is 8.66. The summed E-state index contributed by atoms with van der Waals surface area (Å²) < 4.78 is 11.3. The van der Waals surface area contributed by atoms with Crippen LogP contribution in [0.3, 0.4) is 0 Å². The Labute approximate surface area is 195 Å². The standard InChI is InChI=1S/C25H39BrO5/c1-5-17-12-21(31-16(3)29)23(4)9-8-20-19(22(17)23)7-11-25(26)13-18(30-15(2)28)6-10-24(20,25)14-27/h17-22,27H,5-14H2,1-4H3/t17-,18-,19+,20-,21-,22-,23+,24-,25+/m0/s1. The van der Waals surface area contributed by atoms with E-state index in [1.54, 1.807) is 0 Å². The molecule has 0 aromatic heterocycles. The first-order valence-corrected chi connectivity index (χ1v) is 13.0. The Bertz CT molecular complexity index is 727. The van der Waals surface area contributed by atoms with E-state index >= 15 is 0 Å². The molecule has 9 atom stereocenters. The van der Waals surface area contributed by atoms with Gasteiger partial charge in [0.1, 0.15) is 12.2 Å². The molecule has 0 bridgehead atoms. The van der Waals surface area contributed by atoms with E-state index in [0.717, 1.165) is 57.8 Å². The molecule has 176 valence electrons. The largest absolute Gasteiger partial charge is 0.463 e. The van der Waals surface area contributed by atoms with Gasteiger partial charge < -0.3 is 14.6 Å². The van der Waals surface area contributed by atoms with Crippen LogP contribution in [0.25, 0.3) is 0 Å². The highest BCUT2D eigenvalue weighted by Gasteiger charge is 2.67. The van der Waals surface area contributed by atoms with Crippen LogP contribution in [0.5, 0.6) is 0 Å². The lowest BCUT2D eigenvalue weighted by molar-refractivity contribution is -0.172. The van der Waals surface area contributed by atoms with Gasteiger partial charge in [0.15, 0.2) is 0 Å². The average molecular weight is 499 g/mol. The Kier molecular flexibility index (Phi) is 6.30. The predicted molar refractivity (Wildman–Crippen MR) is 122 cm³/mol. The van der Waals surface area contributed by atoms with Crippen molar-refractivity contribution < 1.29 is 24.2 Å². The molecule has 0 radical (unpaired) electrons. The van der Waals surface area contributed by atoms with Gasteiger partial charge >= 0.3 is 11.9 Å². The third kappa shape index (κ3) is 3.59. The van der Waals surface area contributed by atoms with Crippen LogP contribution >= 0.6 is 15.9 Å². The van der Waals surface area contributed by atoms with Crippen LogP contribution < -0.4 is 0 Å². The second-order valence-corrected chi connectivity index (χ2v) is 12.7. The number of rotatable bonds is 4. The summed E-state index contributed by atoms with van der Waals surface area (Å²) in [5.74, 6) is 1.72. The average Bonchev–Trinajstić information content (AvgIpc) is 2.98. The van der Waals surface area contributed by atoms with Gasteiger partial charge in [-0.2, -0.15) is 0 Å². The molecule has 0 aromatic carbocycles. The molecule has 4 aliphatic rings. The van der Waals surface area contributed by atoms with Crippen LogP contribution in [0.1, 0.15) is 85.5 Å². The lowest BCUT2D eigenvalue weighted by Gasteiger charge is -2.65. The minimum Gasteiger partial charge on any atom is -0.463 e. The van der Waals surface area contributed by atoms with Crippen LogP contribution in [-0.2, 0) is 19.1 Å². The molecule has 0 amide bonds.